The summed E-state index contributed by atoms with van der Waals surface area (Å²) >= 11 is 11.3. The monoisotopic (exact) mass is 244 g/mol. The van der Waals surface area contributed by atoms with Gasteiger partial charge in [0.15, 0.2) is 5.78 Å². The highest BCUT2D eigenvalue weighted by Crippen LogP contribution is 2.15. The van der Waals surface area contributed by atoms with Gasteiger partial charge in [0, 0.05) is 31.9 Å². The van der Waals surface area contributed by atoms with Gasteiger partial charge in [0.05, 0.1) is 0 Å². The SMILES string of the molecule is CN(C)/C=C/C(=O)c1cc(Cl)nc(Cl)c1. The molecule has 0 atom stereocenters. The van der Waals surface area contributed by atoms with Crippen molar-refractivity contribution < 1.29 is 4.79 Å². The molecule has 3 nitrogen and oxygen atoms in total. The first-order valence-corrected chi connectivity index (χ1v) is 4.96. The molecule has 15 heavy (non-hydrogen) atoms. The van der Waals surface area contributed by atoms with E-state index in [1.54, 1.807) is 11.1 Å². The number of halogens is 2. The zero-order valence-electron chi connectivity index (χ0n) is 8.37. The molecule has 5 heteroatoms. The Kier molecular flexibility index (Phi) is 4.12. The third-order valence-corrected chi connectivity index (χ3v) is 1.96. The maximum absolute atomic E-state index is 11.6. The minimum atomic E-state index is -0.157. The summed E-state index contributed by atoms with van der Waals surface area (Å²) in [5.74, 6) is -0.157. The van der Waals surface area contributed by atoms with Crippen LogP contribution in [0.5, 0.6) is 0 Å². The van der Waals surface area contributed by atoms with E-state index in [1.165, 1.54) is 18.2 Å². The van der Waals surface area contributed by atoms with Crippen molar-refractivity contribution in [1.82, 2.24) is 9.88 Å². The van der Waals surface area contributed by atoms with Crippen molar-refractivity contribution in [3.05, 3.63) is 40.3 Å². The van der Waals surface area contributed by atoms with Crippen LogP contribution in [0.4, 0.5) is 0 Å². The van der Waals surface area contributed by atoms with Gasteiger partial charge in [0.1, 0.15) is 10.3 Å². The first kappa shape index (κ1) is 12.0. The maximum atomic E-state index is 11.6. The molecule has 0 aliphatic carbocycles. The second-order valence-electron chi connectivity index (χ2n) is 3.14. The standard InChI is InChI=1S/C10H10Cl2N2O/c1-14(2)4-3-8(15)7-5-9(11)13-10(12)6-7/h3-6H,1-2H3/b4-3+. The van der Waals surface area contributed by atoms with Crippen molar-refractivity contribution >= 4 is 29.0 Å². The number of hydrogen-bond donors (Lipinski definition) is 0. The van der Waals surface area contributed by atoms with Crippen LogP contribution in [0.15, 0.2) is 24.4 Å². The Bertz CT molecular complexity index is 382. The van der Waals surface area contributed by atoms with E-state index < -0.39 is 0 Å². The third kappa shape index (κ3) is 3.90. The number of pyridine rings is 1. The van der Waals surface area contributed by atoms with Crippen molar-refractivity contribution in [1.29, 1.82) is 0 Å². The zero-order chi connectivity index (χ0) is 11.4. The van der Waals surface area contributed by atoms with Crippen LogP contribution in [0.25, 0.3) is 0 Å². The highest BCUT2D eigenvalue weighted by molar-refractivity contribution is 6.33. The topological polar surface area (TPSA) is 33.2 Å². The van der Waals surface area contributed by atoms with Crippen LogP contribution in [-0.2, 0) is 0 Å². The Labute approximate surface area is 98.3 Å². The summed E-state index contributed by atoms with van der Waals surface area (Å²) in [6.45, 7) is 0. The Morgan fingerprint density at radius 3 is 2.33 bits per heavy atom. The zero-order valence-corrected chi connectivity index (χ0v) is 9.88. The molecule has 1 aromatic rings. The second kappa shape index (κ2) is 5.14. The molecule has 0 bridgehead atoms. The van der Waals surface area contributed by atoms with E-state index in [9.17, 15) is 4.79 Å². The minimum Gasteiger partial charge on any atom is -0.383 e. The molecule has 0 saturated heterocycles. The van der Waals surface area contributed by atoms with Gasteiger partial charge in [0.25, 0.3) is 0 Å². The maximum Gasteiger partial charge on any atom is 0.187 e. The molecule has 0 saturated carbocycles. The Balaban J connectivity index is 2.91. The van der Waals surface area contributed by atoms with Crippen LogP contribution in [0, 0.1) is 0 Å². The Morgan fingerprint density at radius 2 is 1.87 bits per heavy atom. The van der Waals surface area contributed by atoms with Crippen LogP contribution in [-0.4, -0.2) is 29.8 Å². The number of allylic oxidation sites excluding steroid dienone is 1. The van der Waals surface area contributed by atoms with Gasteiger partial charge in [-0.15, -0.1) is 0 Å². The average Bonchev–Trinajstić information content (AvgIpc) is 2.12. The summed E-state index contributed by atoms with van der Waals surface area (Å²) in [6, 6.07) is 2.96. The molecule has 1 rings (SSSR count). The van der Waals surface area contributed by atoms with Crippen molar-refractivity contribution in [2.24, 2.45) is 0 Å². The first-order chi connectivity index (χ1) is 6.99. The van der Waals surface area contributed by atoms with Gasteiger partial charge in [0.2, 0.25) is 0 Å². The van der Waals surface area contributed by atoms with Gasteiger partial charge < -0.3 is 4.90 Å². The van der Waals surface area contributed by atoms with Crippen LogP contribution in [0.3, 0.4) is 0 Å². The molecular weight excluding hydrogens is 235 g/mol. The smallest absolute Gasteiger partial charge is 0.187 e. The summed E-state index contributed by atoms with van der Waals surface area (Å²) in [5.41, 5.74) is 0.429. The molecule has 0 unspecified atom stereocenters. The van der Waals surface area contributed by atoms with Crippen molar-refractivity contribution in [2.75, 3.05) is 14.1 Å². The number of rotatable bonds is 3. The van der Waals surface area contributed by atoms with Crippen LogP contribution >= 0.6 is 23.2 Å². The van der Waals surface area contributed by atoms with Crippen molar-refractivity contribution in [3.63, 3.8) is 0 Å². The summed E-state index contributed by atoms with van der Waals surface area (Å²) in [4.78, 5) is 17.1. The lowest BCUT2D eigenvalue weighted by molar-refractivity contribution is 0.104. The molecule has 1 heterocycles. The van der Waals surface area contributed by atoms with Crippen molar-refractivity contribution in [2.45, 2.75) is 0 Å². The molecule has 0 fully saturated rings. The van der Waals surface area contributed by atoms with E-state index in [4.69, 9.17) is 23.2 Å². The quantitative estimate of drug-likeness (QED) is 0.466. The number of nitrogens with zero attached hydrogens (tertiary/aromatic N) is 2. The Hall–Kier alpha value is -1.06. The number of aromatic nitrogens is 1. The van der Waals surface area contributed by atoms with E-state index in [2.05, 4.69) is 4.98 Å². The molecule has 0 spiro atoms. The normalized spacial score (nSPS) is 10.7. The van der Waals surface area contributed by atoms with E-state index in [0.29, 0.717) is 5.56 Å². The van der Waals surface area contributed by atoms with Crippen LogP contribution < -0.4 is 0 Å². The predicted molar refractivity (Wildman–Crippen MR) is 61.4 cm³/mol. The summed E-state index contributed by atoms with van der Waals surface area (Å²) < 4.78 is 0. The molecule has 0 amide bonds. The molecule has 0 aromatic carbocycles. The first-order valence-electron chi connectivity index (χ1n) is 4.21. The molecule has 0 aliphatic heterocycles. The van der Waals surface area contributed by atoms with Crippen LogP contribution in [0.1, 0.15) is 10.4 Å². The summed E-state index contributed by atoms with van der Waals surface area (Å²) in [6.07, 6.45) is 3.10. The number of carbonyl (C=O) groups is 1. The molecule has 0 aliphatic rings. The lowest BCUT2D eigenvalue weighted by atomic mass is 10.2. The summed E-state index contributed by atoms with van der Waals surface area (Å²) in [7, 11) is 3.66. The number of carbonyl (C=O) groups excluding carboxylic acids is 1. The fourth-order valence-electron chi connectivity index (χ4n) is 0.920. The fraction of sp³-hybridized carbons (Fsp3) is 0.200. The van der Waals surface area contributed by atoms with E-state index in [-0.39, 0.29) is 16.1 Å². The molecule has 80 valence electrons. The predicted octanol–water partition coefficient (Wildman–Crippen LogP) is 2.65. The average molecular weight is 245 g/mol. The van der Waals surface area contributed by atoms with Gasteiger partial charge in [-0.1, -0.05) is 23.2 Å². The molecule has 0 N–H and O–H groups in total. The van der Waals surface area contributed by atoms with Gasteiger partial charge >= 0.3 is 0 Å². The van der Waals surface area contributed by atoms with Crippen molar-refractivity contribution in [3.8, 4) is 0 Å². The van der Waals surface area contributed by atoms with Gasteiger partial charge in [-0.25, -0.2) is 4.98 Å². The molecular formula is C10H10Cl2N2O. The van der Waals surface area contributed by atoms with Gasteiger partial charge in [-0.05, 0) is 12.1 Å². The fourth-order valence-corrected chi connectivity index (χ4v) is 1.38. The lowest BCUT2D eigenvalue weighted by Gasteiger charge is -2.03. The third-order valence-electron chi connectivity index (χ3n) is 1.57. The van der Waals surface area contributed by atoms with Gasteiger partial charge in [-0.2, -0.15) is 0 Å². The van der Waals surface area contributed by atoms with Gasteiger partial charge in [-0.3, -0.25) is 4.79 Å². The largest absolute Gasteiger partial charge is 0.383 e. The summed E-state index contributed by atoms with van der Waals surface area (Å²) in [5, 5.41) is 0.424. The second-order valence-corrected chi connectivity index (χ2v) is 3.92. The lowest BCUT2D eigenvalue weighted by Crippen LogP contribution is -2.03. The highest BCUT2D eigenvalue weighted by Gasteiger charge is 2.05. The highest BCUT2D eigenvalue weighted by atomic mass is 35.5. The molecule has 1 aromatic heterocycles. The number of hydrogen-bond acceptors (Lipinski definition) is 3. The molecule has 0 radical (unpaired) electrons. The van der Waals surface area contributed by atoms with E-state index in [1.807, 2.05) is 14.1 Å². The minimum absolute atomic E-state index is 0.157. The van der Waals surface area contributed by atoms with E-state index in [0.717, 1.165) is 0 Å². The van der Waals surface area contributed by atoms with Crippen LogP contribution in [0.2, 0.25) is 10.3 Å². The number of ketones is 1. The Morgan fingerprint density at radius 1 is 1.33 bits per heavy atom. The van der Waals surface area contributed by atoms with E-state index >= 15 is 0 Å².